The molecule has 2 aromatic rings. The van der Waals surface area contributed by atoms with Crippen LogP contribution in [0.5, 0.6) is 0 Å². The highest BCUT2D eigenvalue weighted by molar-refractivity contribution is 6.08. The number of ether oxygens (including phenoxy) is 1. The zero-order valence-corrected chi connectivity index (χ0v) is 17.2. The second kappa shape index (κ2) is 7.56. The van der Waals surface area contributed by atoms with Crippen LogP contribution in [0, 0.1) is 13.8 Å². The molecule has 2 aliphatic rings. The summed E-state index contributed by atoms with van der Waals surface area (Å²) in [4.78, 5) is 36.8. The second-order valence-electron chi connectivity index (χ2n) is 7.89. The minimum absolute atomic E-state index is 0.0261. The molecule has 30 heavy (non-hydrogen) atoms. The summed E-state index contributed by atoms with van der Waals surface area (Å²) in [7, 11) is 1.93. The van der Waals surface area contributed by atoms with Gasteiger partial charge in [-0.05, 0) is 38.0 Å². The lowest BCUT2D eigenvalue weighted by Crippen LogP contribution is -2.67. The van der Waals surface area contributed by atoms with Crippen LogP contribution in [0.3, 0.4) is 0 Å². The first-order valence-corrected chi connectivity index (χ1v) is 9.90. The van der Waals surface area contributed by atoms with Gasteiger partial charge in [-0.3, -0.25) is 19.6 Å². The van der Waals surface area contributed by atoms with E-state index in [-0.39, 0.29) is 12.5 Å². The van der Waals surface area contributed by atoms with Crippen molar-refractivity contribution in [2.45, 2.75) is 38.3 Å². The summed E-state index contributed by atoms with van der Waals surface area (Å²) in [5.74, 6) is -0.773. The van der Waals surface area contributed by atoms with Crippen LogP contribution in [0.1, 0.15) is 39.3 Å². The molecule has 0 radical (unpaired) electrons. The molecule has 0 saturated carbocycles. The van der Waals surface area contributed by atoms with E-state index in [0.29, 0.717) is 18.6 Å². The number of carbonyl (C=O) groups excluding carboxylic acids is 3. The number of imide groups is 1. The number of rotatable bonds is 4. The van der Waals surface area contributed by atoms with E-state index in [9.17, 15) is 14.4 Å². The molecule has 0 aliphatic carbocycles. The van der Waals surface area contributed by atoms with E-state index >= 15 is 0 Å². The summed E-state index contributed by atoms with van der Waals surface area (Å²) in [6, 6.07) is 6.26. The van der Waals surface area contributed by atoms with E-state index in [2.05, 4.69) is 21.0 Å². The molecule has 2 atom stereocenters. The van der Waals surface area contributed by atoms with E-state index in [4.69, 9.17) is 4.74 Å². The van der Waals surface area contributed by atoms with Crippen molar-refractivity contribution in [2.24, 2.45) is 7.05 Å². The summed E-state index contributed by atoms with van der Waals surface area (Å²) in [6.07, 6.45) is 1.17. The number of hydrogen-bond donors (Lipinski definition) is 3. The summed E-state index contributed by atoms with van der Waals surface area (Å²) >= 11 is 0. The van der Waals surface area contributed by atoms with Crippen molar-refractivity contribution >= 4 is 17.8 Å². The Morgan fingerprint density at radius 1 is 1.30 bits per heavy atom. The maximum atomic E-state index is 12.8. The highest BCUT2D eigenvalue weighted by Gasteiger charge is 2.54. The van der Waals surface area contributed by atoms with Crippen LogP contribution in [0.2, 0.25) is 0 Å². The largest absolute Gasteiger partial charge is 0.378 e. The number of nitrogens with one attached hydrogen (secondary N) is 3. The van der Waals surface area contributed by atoms with Gasteiger partial charge in [-0.2, -0.15) is 5.10 Å². The lowest BCUT2D eigenvalue weighted by Gasteiger charge is -2.38. The molecule has 1 spiro atoms. The van der Waals surface area contributed by atoms with E-state index in [1.807, 2.05) is 37.7 Å². The fourth-order valence-corrected chi connectivity index (χ4v) is 4.12. The molecule has 0 unspecified atom stereocenters. The minimum atomic E-state index is -1.26. The first kappa shape index (κ1) is 20.1. The second-order valence-corrected chi connectivity index (χ2v) is 7.89. The van der Waals surface area contributed by atoms with Gasteiger partial charge in [0.1, 0.15) is 0 Å². The van der Waals surface area contributed by atoms with E-state index in [1.165, 1.54) is 5.56 Å². The average molecular weight is 411 g/mol. The highest BCUT2D eigenvalue weighted by atomic mass is 16.5. The van der Waals surface area contributed by atoms with Crippen molar-refractivity contribution in [1.29, 1.82) is 0 Å². The quantitative estimate of drug-likeness (QED) is 0.642. The molecule has 3 heterocycles. The van der Waals surface area contributed by atoms with Gasteiger partial charge in [0.2, 0.25) is 0 Å². The normalized spacial score (nSPS) is 23.4. The zero-order valence-electron chi connectivity index (χ0n) is 17.2. The summed E-state index contributed by atoms with van der Waals surface area (Å²) in [5, 5.41) is 12.2. The molecule has 0 bridgehead atoms. The van der Waals surface area contributed by atoms with Gasteiger partial charge in [0.05, 0.1) is 18.3 Å². The Labute approximate surface area is 174 Å². The third-order valence-corrected chi connectivity index (χ3v) is 6.01. The first-order chi connectivity index (χ1) is 14.3. The molecule has 9 heteroatoms. The number of nitrogens with zero attached hydrogens (tertiary/aromatic N) is 2. The Kier molecular flexibility index (Phi) is 5.07. The van der Waals surface area contributed by atoms with Crippen molar-refractivity contribution in [3.05, 3.63) is 52.3 Å². The van der Waals surface area contributed by atoms with Crippen molar-refractivity contribution in [3.8, 4) is 0 Å². The molecular formula is C21H25N5O4. The maximum absolute atomic E-state index is 12.8. The van der Waals surface area contributed by atoms with Crippen LogP contribution in [0.4, 0.5) is 4.79 Å². The molecule has 1 aromatic heterocycles. The molecular weight excluding hydrogens is 386 g/mol. The monoisotopic (exact) mass is 411 g/mol. The molecule has 3 N–H and O–H groups in total. The van der Waals surface area contributed by atoms with Gasteiger partial charge in [-0.1, -0.05) is 12.1 Å². The maximum Gasteiger partial charge on any atom is 0.322 e. The van der Waals surface area contributed by atoms with E-state index in [1.54, 1.807) is 12.1 Å². The Balaban J connectivity index is 1.47. The summed E-state index contributed by atoms with van der Waals surface area (Å²) in [5.41, 5.74) is 3.61. The highest BCUT2D eigenvalue weighted by Crippen LogP contribution is 2.24. The average Bonchev–Trinajstić information content (AvgIpc) is 3.13. The van der Waals surface area contributed by atoms with Gasteiger partial charge in [0.25, 0.3) is 11.8 Å². The van der Waals surface area contributed by atoms with Gasteiger partial charge in [0.15, 0.2) is 5.54 Å². The number of aromatic nitrogens is 2. The van der Waals surface area contributed by atoms with Crippen molar-refractivity contribution in [2.75, 3.05) is 13.2 Å². The lowest BCUT2D eigenvalue weighted by molar-refractivity contribution is -0.130. The number of amides is 4. The fraction of sp³-hybridized carbons (Fsp3) is 0.429. The van der Waals surface area contributed by atoms with Crippen LogP contribution in [0.25, 0.3) is 0 Å². The number of benzene rings is 1. The zero-order chi connectivity index (χ0) is 21.5. The molecule has 4 amide bonds. The van der Waals surface area contributed by atoms with Gasteiger partial charge in [-0.25, -0.2) is 4.79 Å². The Hall–Kier alpha value is -3.20. The summed E-state index contributed by atoms with van der Waals surface area (Å²) in [6.45, 7) is 4.46. The Morgan fingerprint density at radius 2 is 2.03 bits per heavy atom. The molecule has 158 valence electrons. The molecule has 1 aromatic carbocycles. The van der Waals surface area contributed by atoms with Gasteiger partial charge in [-0.15, -0.1) is 0 Å². The van der Waals surface area contributed by atoms with Gasteiger partial charge >= 0.3 is 6.03 Å². The van der Waals surface area contributed by atoms with Crippen LogP contribution in [0.15, 0.2) is 24.3 Å². The summed E-state index contributed by atoms with van der Waals surface area (Å²) < 4.78 is 7.27. The standard InChI is InChI=1S/C21H25N5O4/c1-12-16(13(2)26(3)25-12)10-14-4-6-15(7-5-14)18(27)22-17-8-9-30-11-21(17)19(28)23-20(29)24-21/h4-7,17H,8-11H2,1-3H3,(H,22,27)(H2,23,24,28,29)/t17-,21-/m0/s1. The lowest BCUT2D eigenvalue weighted by atomic mass is 9.86. The van der Waals surface area contributed by atoms with Crippen LogP contribution in [-0.2, 0) is 23.0 Å². The van der Waals surface area contributed by atoms with Gasteiger partial charge in [0, 0.05) is 36.9 Å². The molecule has 2 fully saturated rings. The number of hydrogen-bond acceptors (Lipinski definition) is 5. The third kappa shape index (κ3) is 3.45. The molecule has 4 rings (SSSR count). The number of aryl methyl sites for hydroxylation is 2. The van der Waals surface area contributed by atoms with Crippen molar-refractivity contribution in [3.63, 3.8) is 0 Å². The minimum Gasteiger partial charge on any atom is -0.378 e. The first-order valence-electron chi connectivity index (χ1n) is 9.90. The molecule has 2 saturated heterocycles. The topological polar surface area (TPSA) is 114 Å². The van der Waals surface area contributed by atoms with Crippen molar-refractivity contribution < 1.29 is 19.1 Å². The fourth-order valence-electron chi connectivity index (χ4n) is 4.12. The molecule has 9 nitrogen and oxygen atoms in total. The molecule has 2 aliphatic heterocycles. The predicted octanol–water partition coefficient (Wildman–Crippen LogP) is 0.725. The smallest absolute Gasteiger partial charge is 0.322 e. The van der Waals surface area contributed by atoms with Crippen LogP contribution >= 0.6 is 0 Å². The van der Waals surface area contributed by atoms with Crippen molar-refractivity contribution in [1.82, 2.24) is 25.7 Å². The SMILES string of the molecule is Cc1nn(C)c(C)c1Cc1ccc(C(=O)N[C@H]2CCOC[C@]23NC(=O)NC3=O)cc1. The third-order valence-electron chi connectivity index (χ3n) is 6.01. The Bertz CT molecular complexity index is 1010. The van der Waals surface area contributed by atoms with E-state index < -0.39 is 23.5 Å². The van der Waals surface area contributed by atoms with Gasteiger partial charge < -0.3 is 15.4 Å². The van der Waals surface area contributed by atoms with Crippen LogP contribution < -0.4 is 16.0 Å². The number of urea groups is 1. The van der Waals surface area contributed by atoms with Crippen LogP contribution in [-0.4, -0.2) is 52.4 Å². The predicted molar refractivity (Wildman–Crippen MR) is 108 cm³/mol. The number of carbonyl (C=O) groups is 3. The van der Waals surface area contributed by atoms with E-state index in [0.717, 1.165) is 23.4 Å². The Morgan fingerprint density at radius 3 is 2.63 bits per heavy atom.